The molecule has 0 aliphatic rings. The summed E-state index contributed by atoms with van der Waals surface area (Å²) in [5.74, 6) is 0. The van der Waals surface area contributed by atoms with Crippen LogP contribution in [0, 0.1) is 20.2 Å². The molecule has 0 fully saturated rings. The summed E-state index contributed by atoms with van der Waals surface area (Å²) in [6.45, 7) is 0. The van der Waals surface area contributed by atoms with E-state index in [-0.39, 0.29) is 22.3 Å². The standard InChI is InChI=1S/C11H6N2O5/c14-6-7-3-8-5-9(12(15)16)1-2-10(8)11(4-7)13(17)18/h1-6H. The van der Waals surface area contributed by atoms with Gasteiger partial charge in [-0.25, -0.2) is 0 Å². The molecule has 0 N–H and O–H groups in total. The van der Waals surface area contributed by atoms with Crippen LogP contribution < -0.4 is 0 Å². The molecule has 2 rings (SSSR count). The summed E-state index contributed by atoms with van der Waals surface area (Å²) in [7, 11) is 0. The van der Waals surface area contributed by atoms with Gasteiger partial charge in [0.25, 0.3) is 11.4 Å². The lowest BCUT2D eigenvalue weighted by Gasteiger charge is -2.01. The van der Waals surface area contributed by atoms with Gasteiger partial charge < -0.3 is 0 Å². The Bertz CT molecular complexity index is 680. The normalized spacial score (nSPS) is 10.2. The molecule has 0 saturated carbocycles. The van der Waals surface area contributed by atoms with Gasteiger partial charge in [0.15, 0.2) is 0 Å². The molecule has 90 valence electrons. The fourth-order valence-corrected chi connectivity index (χ4v) is 1.69. The zero-order valence-corrected chi connectivity index (χ0v) is 8.90. The molecule has 0 aliphatic heterocycles. The lowest BCUT2D eigenvalue weighted by atomic mass is 10.0. The van der Waals surface area contributed by atoms with Gasteiger partial charge in [0.1, 0.15) is 6.29 Å². The Kier molecular flexibility index (Phi) is 2.72. The first-order valence-electron chi connectivity index (χ1n) is 4.84. The van der Waals surface area contributed by atoms with E-state index < -0.39 is 9.85 Å². The predicted octanol–water partition coefficient (Wildman–Crippen LogP) is 2.47. The SMILES string of the molecule is O=Cc1cc([N+](=O)[O-])c2ccc([N+](=O)[O-])cc2c1. The van der Waals surface area contributed by atoms with Gasteiger partial charge in [-0.15, -0.1) is 0 Å². The highest BCUT2D eigenvalue weighted by Gasteiger charge is 2.16. The Balaban J connectivity index is 2.82. The summed E-state index contributed by atoms with van der Waals surface area (Å²) in [5.41, 5.74) is -0.320. The molecule has 0 spiro atoms. The number of carbonyl (C=O) groups is 1. The second-order valence-corrected chi connectivity index (χ2v) is 3.58. The van der Waals surface area contributed by atoms with E-state index in [4.69, 9.17) is 0 Å². The number of nitrogens with zero attached hydrogens (tertiary/aromatic N) is 2. The number of benzene rings is 2. The Labute approximate surface area is 99.9 Å². The molecule has 7 heteroatoms. The summed E-state index contributed by atoms with van der Waals surface area (Å²) in [5, 5.41) is 22.0. The minimum Gasteiger partial charge on any atom is -0.298 e. The van der Waals surface area contributed by atoms with Crippen molar-refractivity contribution in [2.45, 2.75) is 0 Å². The molecule has 18 heavy (non-hydrogen) atoms. The van der Waals surface area contributed by atoms with Crippen molar-refractivity contribution in [3.8, 4) is 0 Å². The molecule has 2 aromatic rings. The number of nitro benzene ring substituents is 2. The number of rotatable bonds is 3. The maximum atomic E-state index is 10.9. The molecule has 0 atom stereocenters. The highest BCUT2D eigenvalue weighted by molar-refractivity contribution is 5.96. The summed E-state index contributed by atoms with van der Waals surface area (Å²) in [4.78, 5) is 30.9. The van der Waals surface area contributed by atoms with Gasteiger partial charge in [0.2, 0.25) is 0 Å². The van der Waals surface area contributed by atoms with Crippen LogP contribution in [0.25, 0.3) is 10.8 Å². The van der Waals surface area contributed by atoms with Gasteiger partial charge in [0.05, 0.1) is 15.2 Å². The Hall–Kier alpha value is -2.83. The molecule has 0 unspecified atom stereocenters. The highest BCUT2D eigenvalue weighted by atomic mass is 16.6. The first kappa shape index (κ1) is 11.6. The molecule has 0 aliphatic carbocycles. The van der Waals surface area contributed by atoms with Crippen LogP contribution in [0.4, 0.5) is 11.4 Å². The van der Waals surface area contributed by atoms with Gasteiger partial charge in [-0.3, -0.25) is 25.0 Å². The maximum Gasteiger partial charge on any atom is 0.277 e. The summed E-state index contributed by atoms with van der Waals surface area (Å²) < 4.78 is 0. The lowest BCUT2D eigenvalue weighted by molar-refractivity contribution is -0.385. The van der Waals surface area contributed by atoms with Gasteiger partial charge in [0, 0.05) is 23.8 Å². The monoisotopic (exact) mass is 246 g/mol. The molecule has 0 bridgehead atoms. The quantitative estimate of drug-likeness (QED) is 0.470. The van der Waals surface area contributed by atoms with Crippen molar-refractivity contribution in [1.82, 2.24) is 0 Å². The van der Waals surface area contributed by atoms with Crippen molar-refractivity contribution >= 4 is 28.4 Å². The third-order valence-electron chi connectivity index (χ3n) is 2.48. The number of hydrogen-bond acceptors (Lipinski definition) is 5. The highest BCUT2D eigenvalue weighted by Crippen LogP contribution is 2.29. The molecule has 7 nitrogen and oxygen atoms in total. The fraction of sp³-hybridized carbons (Fsp3) is 0. The van der Waals surface area contributed by atoms with E-state index in [2.05, 4.69) is 0 Å². The lowest BCUT2D eigenvalue weighted by Crippen LogP contribution is -1.93. The van der Waals surface area contributed by atoms with Crippen molar-refractivity contribution < 1.29 is 14.6 Å². The zero-order valence-electron chi connectivity index (χ0n) is 8.90. The van der Waals surface area contributed by atoms with E-state index in [0.717, 1.165) is 6.07 Å². The predicted molar refractivity (Wildman–Crippen MR) is 62.6 cm³/mol. The molecule has 0 aromatic heterocycles. The molecular weight excluding hydrogens is 240 g/mol. The number of non-ortho nitro benzene ring substituents is 2. The van der Waals surface area contributed by atoms with E-state index in [9.17, 15) is 25.0 Å². The molecule has 0 radical (unpaired) electrons. The van der Waals surface area contributed by atoms with Crippen molar-refractivity contribution in [2.24, 2.45) is 0 Å². The first-order chi connectivity index (χ1) is 8.52. The van der Waals surface area contributed by atoms with Crippen LogP contribution in [0.15, 0.2) is 30.3 Å². The minimum atomic E-state index is -0.624. The zero-order chi connectivity index (χ0) is 13.3. The minimum absolute atomic E-state index is 0.106. The average molecular weight is 246 g/mol. The van der Waals surface area contributed by atoms with Crippen LogP contribution >= 0.6 is 0 Å². The largest absolute Gasteiger partial charge is 0.298 e. The molecule has 0 heterocycles. The van der Waals surface area contributed by atoms with Crippen LogP contribution in [-0.2, 0) is 0 Å². The summed E-state index contributed by atoms with van der Waals surface area (Å²) in [6.07, 6.45) is 0.464. The van der Waals surface area contributed by atoms with Crippen LogP contribution in [0.3, 0.4) is 0 Å². The third-order valence-corrected chi connectivity index (χ3v) is 2.48. The maximum absolute atomic E-state index is 10.9. The first-order valence-corrected chi connectivity index (χ1v) is 4.84. The van der Waals surface area contributed by atoms with Crippen LogP contribution in [0.1, 0.15) is 10.4 Å². The van der Waals surface area contributed by atoms with Crippen LogP contribution in [0.5, 0.6) is 0 Å². The topological polar surface area (TPSA) is 103 Å². The number of aldehydes is 1. The Morgan fingerprint density at radius 1 is 1.00 bits per heavy atom. The average Bonchev–Trinajstić information content (AvgIpc) is 2.36. The molecular formula is C11H6N2O5. The number of fused-ring (bicyclic) bond motifs is 1. The summed E-state index contributed by atoms with van der Waals surface area (Å²) >= 11 is 0. The van der Waals surface area contributed by atoms with Crippen molar-refractivity contribution in [3.05, 3.63) is 56.1 Å². The van der Waals surface area contributed by atoms with Gasteiger partial charge >= 0.3 is 0 Å². The number of hydrogen-bond donors (Lipinski definition) is 0. The second kappa shape index (κ2) is 4.21. The van der Waals surface area contributed by atoms with E-state index in [1.54, 1.807) is 0 Å². The van der Waals surface area contributed by atoms with Crippen LogP contribution in [0.2, 0.25) is 0 Å². The van der Waals surface area contributed by atoms with Gasteiger partial charge in [-0.1, -0.05) is 0 Å². The van der Waals surface area contributed by atoms with Gasteiger partial charge in [-0.05, 0) is 17.5 Å². The Morgan fingerprint density at radius 3 is 2.28 bits per heavy atom. The third kappa shape index (κ3) is 1.88. The summed E-state index contributed by atoms with van der Waals surface area (Å²) in [6, 6.07) is 6.22. The van der Waals surface area contributed by atoms with Gasteiger partial charge in [-0.2, -0.15) is 0 Å². The van der Waals surface area contributed by atoms with Crippen LogP contribution in [-0.4, -0.2) is 16.1 Å². The van der Waals surface area contributed by atoms with Crippen molar-refractivity contribution in [1.29, 1.82) is 0 Å². The molecule has 0 amide bonds. The Morgan fingerprint density at radius 2 is 1.72 bits per heavy atom. The van der Waals surface area contributed by atoms with Crippen molar-refractivity contribution in [2.75, 3.05) is 0 Å². The van der Waals surface area contributed by atoms with E-state index in [1.807, 2.05) is 0 Å². The fourth-order valence-electron chi connectivity index (χ4n) is 1.69. The van der Waals surface area contributed by atoms with E-state index in [1.165, 1.54) is 24.3 Å². The molecule has 0 saturated heterocycles. The smallest absolute Gasteiger partial charge is 0.277 e. The van der Waals surface area contributed by atoms with Crippen molar-refractivity contribution in [3.63, 3.8) is 0 Å². The van der Waals surface area contributed by atoms with E-state index in [0.29, 0.717) is 11.7 Å². The number of carbonyl (C=O) groups excluding carboxylic acids is 1. The second-order valence-electron chi connectivity index (χ2n) is 3.58. The molecule has 2 aromatic carbocycles. The number of nitro groups is 2. The van der Waals surface area contributed by atoms with E-state index >= 15 is 0 Å².